The van der Waals surface area contributed by atoms with Crippen molar-refractivity contribution in [3.8, 4) is 0 Å². The fourth-order valence-electron chi connectivity index (χ4n) is 1.25. The minimum Gasteiger partial charge on any atom is -0.383 e. The van der Waals surface area contributed by atoms with Gasteiger partial charge < -0.3 is 5.73 Å². The molecule has 2 heterocycles. The van der Waals surface area contributed by atoms with Gasteiger partial charge in [-0.1, -0.05) is 0 Å². The van der Waals surface area contributed by atoms with E-state index in [4.69, 9.17) is 17.3 Å². The summed E-state index contributed by atoms with van der Waals surface area (Å²) in [7, 11) is 0. The maximum Gasteiger partial charge on any atom is 0.225 e. The molecule has 0 saturated heterocycles. The van der Waals surface area contributed by atoms with E-state index in [2.05, 4.69) is 9.97 Å². The van der Waals surface area contributed by atoms with Crippen LogP contribution < -0.4 is 5.73 Å². The number of nitrogens with two attached hydrogens (primary N) is 1. The molecular formula is C8H8ClN3S. The molecule has 0 amide bonds. The van der Waals surface area contributed by atoms with Gasteiger partial charge in [0.05, 0.1) is 5.39 Å². The summed E-state index contributed by atoms with van der Waals surface area (Å²) in [5.74, 6) is 0.469. The summed E-state index contributed by atoms with van der Waals surface area (Å²) in [6.07, 6.45) is 0. The van der Waals surface area contributed by atoms with Gasteiger partial charge in [0.2, 0.25) is 5.28 Å². The van der Waals surface area contributed by atoms with Gasteiger partial charge in [-0.05, 0) is 31.0 Å². The smallest absolute Gasteiger partial charge is 0.225 e. The van der Waals surface area contributed by atoms with Crippen molar-refractivity contribution in [1.29, 1.82) is 0 Å². The number of rotatable bonds is 0. The number of hydrogen-bond acceptors (Lipinski definition) is 4. The van der Waals surface area contributed by atoms with Crippen LogP contribution in [-0.2, 0) is 0 Å². The van der Waals surface area contributed by atoms with E-state index in [-0.39, 0.29) is 5.28 Å². The van der Waals surface area contributed by atoms with Gasteiger partial charge in [-0.15, -0.1) is 11.3 Å². The normalized spacial score (nSPS) is 11.0. The van der Waals surface area contributed by atoms with E-state index in [0.717, 1.165) is 15.8 Å². The summed E-state index contributed by atoms with van der Waals surface area (Å²) < 4.78 is 0. The first kappa shape index (κ1) is 8.72. The molecule has 0 bridgehead atoms. The van der Waals surface area contributed by atoms with Gasteiger partial charge in [0.1, 0.15) is 10.6 Å². The molecule has 0 aromatic carbocycles. The van der Waals surface area contributed by atoms with Crippen LogP contribution in [0.2, 0.25) is 5.28 Å². The molecule has 2 aromatic rings. The molecule has 0 spiro atoms. The van der Waals surface area contributed by atoms with Gasteiger partial charge >= 0.3 is 0 Å². The third-order valence-electron chi connectivity index (χ3n) is 2.03. The van der Waals surface area contributed by atoms with Gasteiger partial charge in [0.25, 0.3) is 0 Å². The number of nitrogen functional groups attached to an aromatic ring is 1. The van der Waals surface area contributed by atoms with Crippen molar-refractivity contribution in [1.82, 2.24) is 9.97 Å². The Balaban J connectivity index is 2.94. The molecule has 68 valence electrons. The topological polar surface area (TPSA) is 51.8 Å². The largest absolute Gasteiger partial charge is 0.383 e. The first-order valence-electron chi connectivity index (χ1n) is 3.78. The monoisotopic (exact) mass is 213 g/mol. The molecule has 0 aliphatic rings. The summed E-state index contributed by atoms with van der Waals surface area (Å²) in [6.45, 7) is 4.05. The number of aromatic nitrogens is 2. The zero-order valence-corrected chi connectivity index (χ0v) is 8.83. The van der Waals surface area contributed by atoms with Crippen molar-refractivity contribution < 1.29 is 0 Å². The highest BCUT2D eigenvalue weighted by Crippen LogP contribution is 2.32. The SMILES string of the molecule is Cc1sc2nc(Cl)nc(N)c2c1C. The van der Waals surface area contributed by atoms with Crippen LogP contribution in [0, 0.1) is 13.8 Å². The van der Waals surface area contributed by atoms with Crippen LogP contribution in [0.15, 0.2) is 0 Å². The standard InChI is InChI=1S/C8H8ClN3S/c1-3-4(2)13-7-5(3)6(10)11-8(9)12-7/h1-2H3,(H2,10,11,12). The second-order valence-corrected chi connectivity index (χ2v) is 4.38. The molecule has 3 nitrogen and oxygen atoms in total. The summed E-state index contributed by atoms with van der Waals surface area (Å²) in [5.41, 5.74) is 6.89. The molecule has 0 fully saturated rings. The molecule has 0 unspecified atom stereocenters. The fourth-order valence-corrected chi connectivity index (χ4v) is 2.52. The van der Waals surface area contributed by atoms with Crippen LogP contribution in [0.1, 0.15) is 10.4 Å². The minimum atomic E-state index is 0.214. The minimum absolute atomic E-state index is 0.214. The second-order valence-electron chi connectivity index (χ2n) is 2.84. The highest BCUT2D eigenvalue weighted by atomic mass is 35.5. The Morgan fingerprint density at radius 2 is 2.00 bits per heavy atom. The Hall–Kier alpha value is -0.870. The number of thiophene rings is 1. The Bertz CT molecular complexity index is 478. The second kappa shape index (κ2) is 2.82. The molecule has 0 aliphatic heterocycles. The molecule has 13 heavy (non-hydrogen) atoms. The van der Waals surface area contributed by atoms with Crippen LogP contribution in [0.4, 0.5) is 5.82 Å². The number of hydrogen-bond donors (Lipinski definition) is 1. The first-order valence-corrected chi connectivity index (χ1v) is 4.97. The van der Waals surface area contributed by atoms with E-state index in [1.807, 2.05) is 13.8 Å². The predicted octanol–water partition coefficient (Wildman–Crippen LogP) is 2.54. The molecule has 2 aromatic heterocycles. The van der Waals surface area contributed by atoms with Crippen LogP contribution in [0.3, 0.4) is 0 Å². The lowest BCUT2D eigenvalue weighted by molar-refractivity contribution is 1.24. The van der Waals surface area contributed by atoms with Crippen molar-refractivity contribution in [3.63, 3.8) is 0 Å². The van der Waals surface area contributed by atoms with Crippen LogP contribution in [0.25, 0.3) is 10.2 Å². The predicted molar refractivity (Wildman–Crippen MR) is 56.3 cm³/mol. The maximum atomic E-state index is 5.74. The molecule has 2 rings (SSSR count). The summed E-state index contributed by atoms with van der Waals surface area (Å²) >= 11 is 7.28. The molecule has 0 atom stereocenters. The number of halogens is 1. The van der Waals surface area contributed by atoms with E-state index in [1.54, 1.807) is 11.3 Å². The van der Waals surface area contributed by atoms with Gasteiger partial charge in [0, 0.05) is 4.88 Å². The van der Waals surface area contributed by atoms with Crippen molar-refractivity contribution in [2.45, 2.75) is 13.8 Å². The van der Waals surface area contributed by atoms with Gasteiger partial charge in [-0.25, -0.2) is 9.97 Å². The van der Waals surface area contributed by atoms with Crippen molar-refractivity contribution in [2.75, 3.05) is 5.73 Å². The van der Waals surface area contributed by atoms with Crippen molar-refractivity contribution in [3.05, 3.63) is 15.7 Å². The van der Waals surface area contributed by atoms with Crippen molar-refractivity contribution >= 4 is 39.0 Å². The van der Waals surface area contributed by atoms with Crippen LogP contribution in [0.5, 0.6) is 0 Å². The molecule has 0 radical (unpaired) electrons. The third-order valence-corrected chi connectivity index (χ3v) is 3.30. The Kier molecular flexibility index (Phi) is 1.89. The number of nitrogens with zero attached hydrogens (tertiary/aromatic N) is 2. The third kappa shape index (κ3) is 1.26. The van der Waals surface area contributed by atoms with Gasteiger partial charge in [-0.3, -0.25) is 0 Å². The summed E-state index contributed by atoms with van der Waals surface area (Å²) in [4.78, 5) is 10.1. The summed E-state index contributed by atoms with van der Waals surface area (Å²) in [6, 6.07) is 0. The lowest BCUT2D eigenvalue weighted by Crippen LogP contribution is -1.93. The molecular weight excluding hydrogens is 206 g/mol. The molecule has 0 saturated carbocycles. The van der Waals surface area contributed by atoms with Gasteiger partial charge in [-0.2, -0.15) is 0 Å². The zero-order valence-electron chi connectivity index (χ0n) is 7.26. The molecule has 5 heteroatoms. The average Bonchev–Trinajstić information content (AvgIpc) is 2.27. The maximum absolute atomic E-state index is 5.74. The fraction of sp³-hybridized carbons (Fsp3) is 0.250. The highest BCUT2D eigenvalue weighted by Gasteiger charge is 2.11. The molecule has 2 N–H and O–H groups in total. The number of anilines is 1. The summed E-state index contributed by atoms with van der Waals surface area (Å²) in [5, 5.41) is 1.15. The zero-order chi connectivity index (χ0) is 9.59. The van der Waals surface area contributed by atoms with E-state index >= 15 is 0 Å². The lowest BCUT2D eigenvalue weighted by Gasteiger charge is -1.96. The first-order chi connectivity index (χ1) is 6.09. The van der Waals surface area contributed by atoms with E-state index < -0.39 is 0 Å². The van der Waals surface area contributed by atoms with Crippen molar-refractivity contribution in [2.24, 2.45) is 0 Å². The number of aryl methyl sites for hydroxylation is 2. The Morgan fingerprint density at radius 3 is 2.69 bits per heavy atom. The highest BCUT2D eigenvalue weighted by molar-refractivity contribution is 7.18. The lowest BCUT2D eigenvalue weighted by atomic mass is 10.2. The van der Waals surface area contributed by atoms with Crippen LogP contribution >= 0.6 is 22.9 Å². The van der Waals surface area contributed by atoms with E-state index in [0.29, 0.717) is 5.82 Å². The Morgan fingerprint density at radius 1 is 1.31 bits per heavy atom. The molecule has 0 aliphatic carbocycles. The van der Waals surface area contributed by atoms with E-state index in [1.165, 1.54) is 4.88 Å². The van der Waals surface area contributed by atoms with E-state index in [9.17, 15) is 0 Å². The Labute approximate surface area is 84.6 Å². The van der Waals surface area contributed by atoms with Crippen LogP contribution in [-0.4, -0.2) is 9.97 Å². The number of fused-ring (bicyclic) bond motifs is 1. The van der Waals surface area contributed by atoms with Gasteiger partial charge in [0.15, 0.2) is 0 Å². The average molecular weight is 214 g/mol. The quantitative estimate of drug-likeness (QED) is 0.685.